The molecular formula is C12H13BrN6. The summed E-state index contributed by atoms with van der Waals surface area (Å²) in [5, 5.41) is 8.06. The summed E-state index contributed by atoms with van der Waals surface area (Å²) in [5.74, 6) is 1.36. The number of imidazole rings is 1. The van der Waals surface area contributed by atoms with Gasteiger partial charge in [0.25, 0.3) is 0 Å². The first kappa shape index (κ1) is 12.2. The highest BCUT2D eigenvalue weighted by Gasteiger charge is 2.11. The van der Waals surface area contributed by atoms with Crippen LogP contribution in [0.4, 0.5) is 5.95 Å². The Labute approximate surface area is 118 Å². The van der Waals surface area contributed by atoms with Crippen molar-refractivity contribution in [3.05, 3.63) is 34.8 Å². The molecule has 19 heavy (non-hydrogen) atoms. The first-order chi connectivity index (χ1) is 9.19. The Morgan fingerprint density at radius 1 is 1.37 bits per heavy atom. The summed E-state index contributed by atoms with van der Waals surface area (Å²) in [6, 6.07) is 5.92. The van der Waals surface area contributed by atoms with Crippen molar-refractivity contribution in [2.45, 2.75) is 20.0 Å². The first-order valence-electron chi connectivity index (χ1n) is 5.97. The van der Waals surface area contributed by atoms with Crippen LogP contribution in [0.15, 0.2) is 29.0 Å². The van der Waals surface area contributed by atoms with E-state index in [9.17, 15) is 0 Å². The van der Waals surface area contributed by atoms with Crippen molar-refractivity contribution in [1.29, 1.82) is 0 Å². The summed E-state index contributed by atoms with van der Waals surface area (Å²) in [6.45, 7) is 3.46. The van der Waals surface area contributed by atoms with Crippen molar-refractivity contribution in [3.63, 3.8) is 0 Å². The molecule has 7 heteroatoms. The van der Waals surface area contributed by atoms with E-state index in [1.54, 1.807) is 6.33 Å². The second-order valence-electron chi connectivity index (χ2n) is 4.22. The molecule has 3 rings (SSSR count). The van der Waals surface area contributed by atoms with Crippen LogP contribution in [-0.4, -0.2) is 24.3 Å². The van der Waals surface area contributed by atoms with Crippen LogP contribution < -0.4 is 5.73 Å². The number of hydrogen-bond donors (Lipinski definition) is 1. The monoisotopic (exact) mass is 320 g/mol. The lowest BCUT2D eigenvalue weighted by Crippen LogP contribution is -2.10. The highest BCUT2D eigenvalue weighted by molar-refractivity contribution is 9.10. The van der Waals surface area contributed by atoms with Crippen molar-refractivity contribution >= 4 is 32.9 Å². The number of halogens is 1. The number of benzene rings is 1. The molecule has 0 saturated carbocycles. The molecule has 0 fully saturated rings. The fourth-order valence-corrected chi connectivity index (χ4v) is 2.44. The molecule has 0 saturated heterocycles. The molecule has 0 atom stereocenters. The van der Waals surface area contributed by atoms with E-state index in [0.29, 0.717) is 12.5 Å². The molecule has 2 heterocycles. The molecule has 0 aliphatic rings. The Morgan fingerprint density at radius 3 is 3.00 bits per heavy atom. The van der Waals surface area contributed by atoms with Gasteiger partial charge in [0.1, 0.15) is 6.33 Å². The van der Waals surface area contributed by atoms with Crippen LogP contribution in [0.2, 0.25) is 0 Å². The number of anilines is 1. The van der Waals surface area contributed by atoms with E-state index < -0.39 is 0 Å². The van der Waals surface area contributed by atoms with Crippen LogP contribution in [0.5, 0.6) is 0 Å². The van der Waals surface area contributed by atoms with Gasteiger partial charge in [0.2, 0.25) is 5.95 Å². The van der Waals surface area contributed by atoms with Crippen molar-refractivity contribution < 1.29 is 0 Å². The third kappa shape index (κ3) is 2.10. The van der Waals surface area contributed by atoms with Crippen LogP contribution in [0, 0.1) is 0 Å². The highest BCUT2D eigenvalue weighted by atomic mass is 79.9. The van der Waals surface area contributed by atoms with Crippen molar-refractivity contribution in [3.8, 4) is 0 Å². The zero-order valence-corrected chi connectivity index (χ0v) is 12.0. The molecule has 6 nitrogen and oxygen atoms in total. The van der Waals surface area contributed by atoms with Gasteiger partial charge in [-0.1, -0.05) is 15.9 Å². The minimum atomic E-state index is 0.485. The Kier molecular flexibility index (Phi) is 2.98. The number of aromatic nitrogens is 5. The van der Waals surface area contributed by atoms with Gasteiger partial charge in [-0.05, 0) is 25.1 Å². The third-order valence-electron chi connectivity index (χ3n) is 3.08. The van der Waals surface area contributed by atoms with Crippen molar-refractivity contribution in [1.82, 2.24) is 24.3 Å². The summed E-state index contributed by atoms with van der Waals surface area (Å²) < 4.78 is 4.92. The normalized spacial score (nSPS) is 11.3. The SMILES string of the molecule is CCn1cnnc1Cn1c(N)nc2cc(Br)ccc21. The Balaban J connectivity index is 2.08. The molecule has 0 aliphatic carbocycles. The second-order valence-corrected chi connectivity index (χ2v) is 5.14. The summed E-state index contributed by atoms with van der Waals surface area (Å²) >= 11 is 3.43. The summed E-state index contributed by atoms with van der Waals surface area (Å²) in [6.07, 6.45) is 1.72. The van der Waals surface area contributed by atoms with Crippen LogP contribution >= 0.6 is 15.9 Å². The van der Waals surface area contributed by atoms with Crippen molar-refractivity contribution in [2.75, 3.05) is 5.73 Å². The number of nitrogens with zero attached hydrogens (tertiary/aromatic N) is 5. The van der Waals surface area contributed by atoms with Crippen molar-refractivity contribution in [2.24, 2.45) is 0 Å². The number of nitrogens with two attached hydrogens (primary N) is 1. The van der Waals surface area contributed by atoms with E-state index in [4.69, 9.17) is 5.73 Å². The topological polar surface area (TPSA) is 74.5 Å². The molecular weight excluding hydrogens is 308 g/mol. The lowest BCUT2D eigenvalue weighted by molar-refractivity contribution is 0.663. The zero-order chi connectivity index (χ0) is 13.4. The van der Waals surface area contributed by atoms with Crippen LogP contribution in [0.3, 0.4) is 0 Å². The lowest BCUT2D eigenvalue weighted by Gasteiger charge is -2.07. The summed E-state index contributed by atoms with van der Waals surface area (Å²) in [7, 11) is 0. The van der Waals surface area contributed by atoms with E-state index in [2.05, 4.69) is 38.0 Å². The molecule has 2 aromatic heterocycles. The van der Waals surface area contributed by atoms with E-state index in [1.807, 2.05) is 27.3 Å². The molecule has 1 aromatic carbocycles. The number of hydrogen-bond acceptors (Lipinski definition) is 4. The fraction of sp³-hybridized carbons (Fsp3) is 0.250. The van der Waals surface area contributed by atoms with Gasteiger partial charge in [-0.25, -0.2) is 4.98 Å². The molecule has 0 amide bonds. The van der Waals surface area contributed by atoms with Gasteiger partial charge in [0.15, 0.2) is 5.82 Å². The molecule has 3 aromatic rings. The predicted molar refractivity (Wildman–Crippen MR) is 76.6 cm³/mol. The molecule has 98 valence electrons. The fourth-order valence-electron chi connectivity index (χ4n) is 2.09. The summed E-state index contributed by atoms with van der Waals surface area (Å²) in [5.41, 5.74) is 7.85. The number of fused-ring (bicyclic) bond motifs is 1. The smallest absolute Gasteiger partial charge is 0.201 e. The molecule has 0 aliphatic heterocycles. The zero-order valence-electron chi connectivity index (χ0n) is 10.4. The predicted octanol–water partition coefficient (Wildman–Crippen LogP) is 2.04. The number of rotatable bonds is 3. The lowest BCUT2D eigenvalue weighted by atomic mass is 10.3. The Hall–Kier alpha value is -1.89. The standard InChI is InChI=1S/C12H13BrN6/c1-2-18-7-15-17-11(18)6-19-10-4-3-8(13)5-9(10)16-12(19)14/h3-5,7H,2,6H2,1H3,(H2,14,16). The van der Waals surface area contributed by atoms with Crippen LogP contribution in [0.25, 0.3) is 11.0 Å². The third-order valence-corrected chi connectivity index (χ3v) is 3.57. The van der Waals surface area contributed by atoms with Gasteiger partial charge in [-0.3, -0.25) is 0 Å². The highest BCUT2D eigenvalue weighted by Crippen LogP contribution is 2.22. The maximum atomic E-state index is 5.99. The minimum Gasteiger partial charge on any atom is -0.369 e. The molecule has 0 spiro atoms. The van der Waals surface area contributed by atoms with E-state index in [0.717, 1.165) is 27.9 Å². The van der Waals surface area contributed by atoms with Gasteiger partial charge in [-0.2, -0.15) is 0 Å². The summed E-state index contributed by atoms with van der Waals surface area (Å²) in [4.78, 5) is 4.36. The van der Waals surface area contributed by atoms with E-state index in [1.165, 1.54) is 0 Å². The van der Waals surface area contributed by atoms with Crippen LogP contribution in [0.1, 0.15) is 12.7 Å². The molecule has 0 bridgehead atoms. The van der Waals surface area contributed by atoms with E-state index >= 15 is 0 Å². The average Bonchev–Trinajstić information content (AvgIpc) is 2.95. The Morgan fingerprint density at radius 2 is 2.21 bits per heavy atom. The molecule has 2 N–H and O–H groups in total. The quantitative estimate of drug-likeness (QED) is 0.801. The molecule has 0 radical (unpaired) electrons. The molecule has 0 unspecified atom stereocenters. The van der Waals surface area contributed by atoms with Gasteiger partial charge in [0, 0.05) is 11.0 Å². The first-order valence-corrected chi connectivity index (χ1v) is 6.76. The average molecular weight is 321 g/mol. The maximum Gasteiger partial charge on any atom is 0.201 e. The van der Waals surface area contributed by atoms with E-state index in [-0.39, 0.29) is 0 Å². The second kappa shape index (κ2) is 4.65. The van der Waals surface area contributed by atoms with Gasteiger partial charge in [0.05, 0.1) is 17.6 Å². The number of aryl methyl sites for hydroxylation is 1. The largest absolute Gasteiger partial charge is 0.369 e. The van der Waals surface area contributed by atoms with Gasteiger partial charge in [-0.15, -0.1) is 10.2 Å². The van der Waals surface area contributed by atoms with Crippen LogP contribution in [-0.2, 0) is 13.1 Å². The van der Waals surface area contributed by atoms with Gasteiger partial charge >= 0.3 is 0 Å². The Bertz CT molecular complexity index is 729. The number of nitrogen functional groups attached to an aromatic ring is 1. The minimum absolute atomic E-state index is 0.485. The maximum absolute atomic E-state index is 5.99. The van der Waals surface area contributed by atoms with Gasteiger partial charge < -0.3 is 14.9 Å².